The van der Waals surface area contributed by atoms with Gasteiger partial charge in [0.2, 0.25) is 0 Å². The number of hydrogen-bond donors (Lipinski definition) is 0. The SMILES string of the molecule is Cc1ccc2sc(C(C)(C)C)nc2c1-c1n(-c2c(C(C)C)cccc2C(C)C)c2ccccc2[n+]1C. The van der Waals surface area contributed by atoms with E-state index in [2.05, 4.69) is 126 Å². The molecule has 0 bridgehead atoms. The van der Waals surface area contributed by atoms with Gasteiger partial charge in [-0.25, -0.2) is 9.55 Å². The normalized spacial score (nSPS) is 12.5. The van der Waals surface area contributed by atoms with Gasteiger partial charge in [-0.15, -0.1) is 11.3 Å². The van der Waals surface area contributed by atoms with Crippen molar-refractivity contribution in [3.05, 3.63) is 76.3 Å². The van der Waals surface area contributed by atoms with Gasteiger partial charge in [-0.1, -0.05) is 84.9 Å². The molecule has 186 valence electrons. The zero-order valence-electron chi connectivity index (χ0n) is 23.1. The number of aromatic nitrogens is 3. The summed E-state index contributed by atoms with van der Waals surface area (Å²) < 4.78 is 6.14. The van der Waals surface area contributed by atoms with E-state index in [9.17, 15) is 0 Å². The predicted molar refractivity (Wildman–Crippen MR) is 155 cm³/mol. The van der Waals surface area contributed by atoms with Crippen molar-refractivity contribution in [2.45, 2.75) is 72.6 Å². The van der Waals surface area contributed by atoms with Gasteiger partial charge in [0.15, 0.2) is 11.0 Å². The highest BCUT2D eigenvalue weighted by Crippen LogP contribution is 2.41. The molecular weight excluding hydrogens is 458 g/mol. The number of rotatable bonds is 4. The molecule has 0 saturated heterocycles. The van der Waals surface area contributed by atoms with Gasteiger partial charge < -0.3 is 0 Å². The van der Waals surface area contributed by atoms with E-state index in [1.165, 1.54) is 54.5 Å². The maximum Gasteiger partial charge on any atom is 0.297 e. The van der Waals surface area contributed by atoms with Crippen LogP contribution in [0.4, 0.5) is 0 Å². The van der Waals surface area contributed by atoms with Crippen LogP contribution in [-0.2, 0) is 12.5 Å². The van der Waals surface area contributed by atoms with Gasteiger partial charge >= 0.3 is 0 Å². The summed E-state index contributed by atoms with van der Waals surface area (Å²) in [5.41, 5.74) is 10.1. The smallest absolute Gasteiger partial charge is 0.240 e. The number of imidazole rings is 1. The molecule has 0 aliphatic heterocycles. The van der Waals surface area contributed by atoms with Crippen LogP contribution in [0.1, 0.15) is 82.0 Å². The molecule has 0 atom stereocenters. The van der Waals surface area contributed by atoms with Crippen LogP contribution in [0.2, 0.25) is 0 Å². The van der Waals surface area contributed by atoms with Gasteiger partial charge in [-0.05, 0) is 42.5 Å². The fourth-order valence-corrected chi connectivity index (χ4v) is 6.32. The largest absolute Gasteiger partial charge is 0.297 e. The van der Waals surface area contributed by atoms with Crippen LogP contribution in [0.5, 0.6) is 0 Å². The molecule has 0 fully saturated rings. The van der Waals surface area contributed by atoms with Crippen molar-refractivity contribution in [2.24, 2.45) is 7.05 Å². The molecule has 0 amide bonds. The maximum absolute atomic E-state index is 5.27. The highest BCUT2D eigenvalue weighted by molar-refractivity contribution is 7.18. The minimum Gasteiger partial charge on any atom is -0.240 e. The lowest BCUT2D eigenvalue weighted by Gasteiger charge is -2.18. The van der Waals surface area contributed by atoms with Crippen molar-refractivity contribution in [2.75, 3.05) is 0 Å². The Hall–Kier alpha value is -2.98. The fourth-order valence-electron chi connectivity index (χ4n) is 5.29. The van der Waals surface area contributed by atoms with E-state index in [0.717, 1.165) is 5.52 Å². The molecular formula is C32H38N3S+. The molecule has 4 heteroatoms. The van der Waals surface area contributed by atoms with Crippen LogP contribution in [0.25, 0.3) is 38.3 Å². The number of benzene rings is 3. The monoisotopic (exact) mass is 496 g/mol. The molecule has 0 spiro atoms. The molecule has 3 aromatic carbocycles. The van der Waals surface area contributed by atoms with Gasteiger partial charge in [-0.2, -0.15) is 4.57 Å². The van der Waals surface area contributed by atoms with Gasteiger partial charge in [0.05, 0.1) is 27.8 Å². The molecule has 5 aromatic rings. The minimum absolute atomic E-state index is 0.0127. The predicted octanol–water partition coefficient (Wildman–Crippen LogP) is 8.58. The number of thiazole rings is 1. The topological polar surface area (TPSA) is 21.7 Å². The van der Waals surface area contributed by atoms with Crippen LogP contribution < -0.4 is 4.57 Å². The summed E-state index contributed by atoms with van der Waals surface area (Å²) in [5, 5.41) is 1.18. The summed E-state index contributed by atoms with van der Waals surface area (Å²) in [4.78, 5) is 5.27. The van der Waals surface area contributed by atoms with Crippen molar-refractivity contribution in [1.82, 2.24) is 9.55 Å². The zero-order chi connectivity index (χ0) is 25.9. The van der Waals surface area contributed by atoms with Crippen LogP contribution in [0.3, 0.4) is 0 Å². The molecule has 3 nitrogen and oxygen atoms in total. The first-order valence-electron chi connectivity index (χ1n) is 13.0. The Labute approximate surface area is 219 Å². The van der Waals surface area contributed by atoms with E-state index >= 15 is 0 Å². The van der Waals surface area contributed by atoms with Gasteiger partial charge in [-0.3, -0.25) is 0 Å². The summed E-state index contributed by atoms with van der Waals surface area (Å²) in [6.07, 6.45) is 0. The van der Waals surface area contributed by atoms with E-state index in [0.29, 0.717) is 11.8 Å². The van der Waals surface area contributed by atoms with Crippen molar-refractivity contribution < 1.29 is 4.57 Å². The third kappa shape index (κ3) is 3.87. The fraction of sp³-hybridized carbons (Fsp3) is 0.375. The highest BCUT2D eigenvalue weighted by Gasteiger charge is 2.33. The number of fused-ring (bicyclic) bond motifs is 2. The highest BCUT2D eigenvalue weighted by atomic mass is 32.1. The number of hydrogen-bond acceptors (Lipinski definition) is 2. The first kappa shape index (κ1) is 24.7. The summed E-state index contributed by atoms with van der Waals surface area (Å²) in [7, 11) is 2.20. The number of aryl methyl sites for hydroxylation is 2. The van der Waals surface area contributed by atoms with E-state index < -0.39 is 0 Å². The summed E-state index contributed by atoms with van der Waals surface area (Å²) in [6.45, 7) is 18.2. The molecule has 0 saturated carbocycles. The van der Waals surface area contributed by atoms with E-state index in [1.54, 1.807) is 0 Å². The van der Waals surface area contributed by atoms with Crippen LogP contribution in [0.15, 0.2) is 54.6 Å². The molecule has 0 N–H and O–H groups in total. The lowest BCUT2D eigenvalue weighted by atomic mass is 9.92. The third-order valence-corrected chi connectivity index (χ3v) is 8.66. The van der Waals surface area contributed by atoms with Crippen molar-refractivity contribution in [1.29, 1.82) is 0 Å². The Morgan fingerprint density at radius 2 is 1.50 bits per heavy atom. The molecule has 0 radical (unpaired) electrons. The summed E-state index contributed by atoms with van der Waals surface area (Å²) >= 11 is 1.82. The molecule has 0 aliphatic rings. The second-order valence-electron chi connectivity index (χ2n) is 11.7. The number of para-hydroxylation sites is 3. The zero-order valence-corrected chi connectivity index (χ0v) is 23.9. The Morgan fingerprint density at radius 3 is 2.11 bits per heavy atom. The minimum atomic E-state index is 0.0127. The van der Waals surface area contributed by atoms with Crippen molar-refractivity contribution in [3.63, 3.8) is 0 Å². The maximum atomic E-state index is 5.27. The number of nitrogens with zero attached hydrogens (tertiary/aromatic N) is 3. The lowest BCUT2D eigenvalue weighted by Crippen LogP contribution is -2.30. The van der Waals surface area contributed by atoms with E-state index in [1.807, 2.05) is 11.3 Å². The Morgan fingerprint density at radius 1 is 0.861 bits per heavy atom. The Balaban J connectivity index is 1.99. The molecule has 0 unspecified atom stereocenters. The first-order chi connectivity index (χ1) is 17.0. The first-order valence-corrected chi connectivity index (χ1v) is 13.9. The Kier molecular flexibility index (Phi) is 6.07. The molecule has 5 rings (SSSR count). The molecule has 2 aromatic heterocycles. The van der Waals surface area contributed by atoms with E-state index in [4.69, 9.17) is 4.98 Å². The average molecular weight is 497 g/mol. The van der Waals surface area contributed by atoms with Gasteiger partial charge in [0.1, 0.15) is 5.69 Å². The quantitative estimate of drug-likeness (QED) is 0.228. The van der Waals surface area contributed by atoms with Crippen molar-refractivity contribution >= 4 is 32.6 Å². The Bertz CT molecular complexity index is 1570. The van der Waals surface area contributed by atoms with Crippen LogP contribution in [0, 0.1) is 6.92 Å². The van der Waals surface area contributed by atoms with Crippen LogP contribution >= 0.6 is 11.3 Å². The second-order valence-corrected chi connectivity index (χ2v) is 12.7. The van der Waals surface area contributed by atoms with Crippen molar-refractivity contribution in [3.8, 4) is 17.1 Å². The molecule has 36 heavy (non-hydrogen) atoms. The van der Waals surface area contributed by atoms with Gasteiger partial charge in [0.25, 0.3) is 5.82 Å². The molecule has 0 aliphatic carbocycles. The standard InChI is InChI=1S/C32H38N3S/c1-19(2)22-13-12-14-23(20(3)4)29(22)35-25-16-11-10-15-24(25)34(9)30(35)27-21(5)17-18-26-28(27)33-31(36-26)32(6,7)8/h10-20H,1-9H3/q+1. The van der Waals surface area contributed by atoms with Gasteiger partial charge in [0, 0.05) is 16.5 Å². The summed E-state index contributed by atoms with van der Waals surface area (Å²) in [5.74, 6) is 2.00. The summed E-state index contributed by atoms with van der Waals surface area (Å²) in [6, 6.07) is 20.1. The van der Waals surface area contributed by atoms with Crippen LogP contribution in [-0.4, -0.2) is 9.55 Å². The van der Waals surface area contributed by atoms with E-state index in [-0.39, 0.29) is 5.41 Å². The second kappa shape index (κ2) is 8.85. The lowest BCUT2D eigenvalue weighted by molar-refractivity contribution is -0.633. The third-order valence-electron chi connectivity index (χ3n) is 7.21. The molecule has 2 heterocycles. The average Bonchev–Trinajstić information content (AvgIpc) is 3.38.